The molecule has 4 nitrogen and oxygen atoms in total. The van der Waals surface area contributed by atoms with Crippen molar-refractivity contribution in [2.45, 2.75) is 43.4 Å². The summed E-state index contributed by atoms with van der Waals surface area (Å²) in [7, 11) is 0. The molecule has 1 amide bonds. The fraction of sp³-hybridized carbons (Fsp3) is 0.929. The summed E-state index contributed by atoms with van der Waals surface area (Å²) in [6, 6.07) is 0.539. The molecule has 5 heteroatoms. The van der Waals surface area contributed by atoms with Crippen molar-refractivity contribution < 1.29 is 4.79 Å². The van der Waals surface area contributed by atoms with Gasteiger partial charge in [0.05, 0.1) is 6.54 Å². The Morgan fingerprint density at radius 3 is 2.47 bits per heavy atom. The first-order valence-electron chi connectivity index (χ1n) is 7.41. The van der Waals surface area contributed by atoms with Crippen molar-refractivity contribution in [2.24, 2.45) is 5.73 Å². The Hall–Kier alpha value is -0.260. The van der Waals surface area contributed by atoms with Gasteiger partial charge in [0, 0.05) is 37.0 Å². The summed E-state index contributed by atoms with van der Waals surface area (Å²) in [6.45, 7) is 6.30. The number of piperidine rings is 1. The third-order valence-corrected chi connectivity index (χ3v) is 6.02. The van der Waals surface area contributed by atoms with Gasteiger partial charge in [0.15, 0.2) is 0 Å². The van der Waals surface area contributed by atoms with Gasteiger partial charge in [0.25, 0.3) is 0 Å². The molecule has 1 aliphatic heterocycles. The predicted octanol–water partition coefficient (Wildman–Crippen LogP) is 1.15. The van der Waals surface area contributed by atoms with Crippen LogP contribution in [0.1, 0.15) is 32.6 Å². The molecule has 0 atom stereocenters. The van der Waals surface area contributed by atoms with Crippen LogP contribution in [-0.4, -0.2) is 65.5 Å². The second-order valence-corrected chi connectivity index (χ2v) is 7.05. The number of hydrogen-bond donors (Lipinski definition) is 1. The Kier molecular flexibility index (Phi) is 5.15. The molecule has 0 radical (unpaired) electrons. The van der Waals surface area contributed by atoms with Gasteiger partial charge in [0.2, 0.25) is 5.91 Å². The molecule has 0 aromatic carbocycles. The minimum absolute atomic E-state index is 0.250. The number of carbonyl (C=O) groups excluding carboxylic acids is 1. The van der Waals surface area contributed by atoms with Gasteiger partial charge in [-0.15, -0.1) is 0 Å². The molecule has 110 valence electrons. The molecule has 1 heterocycles. The van der Waals surface area contributed by atoms with E-state index in [-0.39, 0.29) is 4.75 Å². The Morgan fingerprint density at radius 1 is 1.42 bits per heavy atom. The zero-order valence-electron chi connectivity index (χ0n) is 12.2. The number of carbonyl (C=O) groups is 1. The number of likely N-dealkylation sites (N-methyl/N-ethyl adjacent to an activating group) is 1. The molecule has 0 aromatic heterocycles. The summed E-state index contributed by atoms with van der Waals surface area (Å²) in [6.07, 6.45) is 6.76. The number of likely N-dealkylation sites (tertiary alicyclic amines) is 1. The Labute approximate surface area is 121 Å². The van der Waals surface area contributed by atoms with Crippen LogP contribution in [0.3, 0.4) is 0 Å². The second-order valence-electron chi connectivity index (χ2n) is 5.78. The quantitative estimate of drug-likeness (QED) is 0.795. The predicted molar refractivity (Wildman–Crippen MR) is 81.4 cm³/mol. The highest BCUT2D eigenvalue weighted by molar-refractivity contribution is 8.00. The third kappa shape index (κ3) is 3.64. The third-order valence-electron chi connectivity index (χ3n) is 4.58. The van der Waals surface area contributed by atoms with Gasteiger partial charge in [-0.2, -0.15) is 11.8 Å². The van der Waals surface area contributed by atoms with Crippen LogP contribution in [0, 0.1) is 0 Å². The SMILES string of the molecule is CCN(C(=O)CN1CCC(CN)(SC)CC1)C1CC1. The molecule has 2 N–H and O–H groups in total. The van der Waals surface area contributed by atoms with E-state index in [0.29, 0.717) is 18.5 Å². The molecular formula is C14H27N3OS. The van der Waals surface area contributed by atoms with Crippen molar-refractivity contribution >= 4 is 17.7 Å². The molecule has 0 aromatic rings. The van der Waals surface area contributed by atoms with Crippen LogP contribution in [0.2, 0.25) is 0 Å². The second kappa shape index (κ2) is 6.46. The molecule has 2 aliphatic rings. The lowest BCUT2D eigenvalue weighted by Crippen LogP contribution is -2.49. The van der Waals surface area contributed by atoms with Gasteiger partial charge < -0.3 is 10.6 Å². The first-order chi connectivity index (χ1) is 9.14. The van der Waals surface area contributed by atoms with E-state index in [1.165, 1.54) is 12.8 Å². The summed E-state index contributed by atoms with van der Waals surface area (Å²) in [4.78, 5) is 16.6. The van der Waals surface area contributed by atoms with E-state index in [0.717, 1.165) is 39.0 Å². The fourth-order valence-corrected chi connectivity index (χ4v) is 3.67. The lowest BCUT2D eigenvalue weighted by atomic mass is 9.96. The minimum atomic E-state index is 0.250. The maximum Gasteiger partial charge on any atom is 0.236 e. The average molecular weight is 285 g/mol. The van der Waals surface area contributed by atoms with E-state index in [2.05, 4.69) is 23.0 Å². The summed E-state index contributed by atoms with van der Waals surface area (Å²) in [5, 5.41) is 0. The van der Waals surface area contributed by atoms with Crippen LogP contribution >= 0.6 is 11.8 Å². The van der Waals surface area contributed by atoms with Crippen LogP contribution in [0.4, 0.5) is 0 Å². The molecule has 1 saturated carbocycles. The zero-order valence-corrected chi connectivity index (χ0v) is 13.0. The number of amides is 1. The number of hydrogen-bond acceptors (Lipinski definition) is 4. The lowest BCUT2D eigenvalue weighted by molar-refractivity contribution is -0.133. The molecule has 0 unspecified atom stereocenters. The van der Waals surface area contributed by atoms with Crippen molar-refractivity contribution in [3.63, 3.8) is 0 Å². The Morgan fingerprint density at radius 2 is 2.05 bits per heavy atom. The first-order valence-corrected chi connectivity index (χ1v) is 8.63. The highest BCUT2D eigenvalue weighted by Gasteiger charge is 2.35. The summed E-state index contributed by atoms with van der Waals surface area (Å²) >= 11 is 1.89. The van der Waals surface area contributed by atoms with Gasteiger partial charge >= 0.3 is 0 Å². The summed E-state index contributed by atoms with van der Waals surface area (Å²) in [5.74, 6) is 0.314. The largest absolute Gasteiger partial charge is 0.339 e. The normalized spacial score (nSPS) is 23.3. The van der Waals surface area contributed by atoms with Crippen LogP contribution in [-0.2, 0) is 4.79 Å². The fourth-order valence-electron chi connectivity index (χ4n) is 2.92. The molecule has 1 aliphatic carbocycles. The van der Waals surface area contributed by atoms with Crippen molar-refractivity contribution in [1.82, 2.24) is 9.80 Å². The van der Waals surface area contributed by atoms with Crippen molar-refractivity contribution in [3.05, 3.63) is 0 Å². The zero-order chi connectivity index (χ0) is 13.9. The Balaban J connectivity index is 1.80. The maximum atomic E-state index is 12.3. The number of nitrogens with zero attached hydrogens (tertiary/aromatic N) is 2. The molecule has 0 bridgehead atoms. The maximum absolute atomic E-state index is 12.3. The highest BCUT2D eigenvalue weighted by Crippen LogP contribution is 2.33. The highest BCUT2D eigenvalue weighted by atomic mass is 32.2. The smallest absolute Gasteiger partial charge is 0.236 e. The van der Waals surface area contributed by atoms with Crippen LogP contribution in [0.15, 0.2) is 0 Å². The average Bonchev–Trinajstić information content (AvgIpc) is 3.25. The number of nitrogens with two attached hydrogens (primary N) is 1. The summed E-state index contributed by atoms with van der Waals surface area (Å²) < 4.78 is 0.250. The topological polar surface area (TPSA) is 49.6 Å². The van der Waals surface area contributed by atoms with Gasteiger partial charge in [-0.05, 0) is 38.9 Å². The molecule has 0 spiro atoms. The van der Waals surface area contributed by atoms with E-state index in [1.54, 1.807) is 0 Å². The minimum Gasteiger partial charge on any atom is -0.339 e. The molecule has 19 heavy (non-hydrogen) atoms. The van der Waals surface area contributed by atoms with E-state index in [1.807, 2.05) is 11.8 Å². The first kappa shape index (κ1) is 15.1. The lowest BCUT2D eigenvalue weighted by Gasteiger charge is -2.40. The molecule has 2 rings (SSSR count). The van der Waals surface area contributed by atoms with Crippen LogP contribution < -0.4 is 5.73 Å². The summed E-state index contributed by atoms with van der Waals surface area (Å²) in [5.41, 5.74) is 5.90. The van der Waals surface area contributed by atoms with E-state index < -0.39 is 0 Å². The van der Waals surface area contributed by atoms with Crippen molar-refractivity contribution in [1.29, 1.82) is 0 Å². The van der Waals surface area contributed by atoms with E-state index in [9.17, 15) is 4.79 Å². The monoisotopic (exact) mass is 285 g/mol. The van der Waals surface area contributed by atoms with Gasteiger partial charge in [-0.3, -0.25) is 9.69 Å². The van der Waals surface area contributed by atoms with Gasteiger partial charge in [-0.25, -0.2) is 0 Å². The number of rotatable bonds is 6. The number of thioether (sulfide) groups is 1. The van der Waals surface area contributed by atoms with Crippen LogP contribution in [0.25, 0.3) is 0 Å². The molecule has 1 saturated heterocycles. The standard InChI is InChI=1S/C14H27N3OS/c1-3-17(12-4-5-12)13(18)10-16-8-6-14(11-15,19-2)7-9-16/h12H,3-11,15H2,1-2H3. The van der Waals surface area contributed by atoms with E-state index in [4.69, 9.17) is 5.73 Å². The van der Waals surface area contributed by atoms with Crippen molar-refractivity contribution in [2.75, 3.05) is 39.0 Å². The van der Waals surface area contributed by atoms with Crippen molar-refractivity contribution in [3.8, 4) is 0 Å². The van der Waals surface area contributed by atoms with Gasteiger partial charge in [-0.1, -0.05) is 0 Å². The Bertz CT molecular complexity index is 306. The van der Waals surface area contributed by atoms with E-state index >= 15 is 0 Å². The molecule has 2 fully saturated rings. The van der Waals surface area contributed by atoms with Gasteiger partial charge in [0.1, 0.15) is 0 Å². The van der Waals surface area contributed by atoms with Crippen LogP contribution in [0.5, 0.6) is 0 Å². The molecular weight excluding hydrogens is 258 g/mol.